The molecular weight excluding hydrogens is 350 g/mol. The van der Waals surface area contributed by atoms with Crippen molar-refractivity contribution in [2.75, 3.05) is 6.61 Å². The molecule has 1 aliphatic rings. The zero-order valence-corrected chi connectivity index (χ0v) is 14.8. The van der Waals surface area contributed by atoms with E-state index < -0.39 is 5.97 Å². The summed E-state index contributed by atoms with van der Waals surface area (Å²) >= 11 is 0. The minimum atomic E-state index is -1.12. The average Bonchev–Trinajstić information content (AvgIpc) is 3.22. The highest BCUT2D eigenvalue weighted by Crippen LogP contribution is 2.40. The predicted octanol–water partition coefficient (Wildman–Crippen LogP) is 1.66. The van der Waals surface area contributed by atoms with Gasteiger partial charge in [0.15, 0.2) is 5.69 Å². The molecule has 0 amide bonds. The van der Waals surface area contributed by atoms with Crippen LogP contribution in [0.5, 0.6) is 0 Å². The van der Waals surface area contributed by atoms with Gasteiger partial charge in [0.2, 0.25) is 0 Å². The maximum atomic E-state index is 12.0. The molecule has 1 N–H and O–H groups in total. The van der Waals surface area contributed by atoms with Crippen LogP contribution in [0.15, 0.2) is 24.7 Å². The van der Waals surface area contributed by atoms with Gasteiger partial charge in [0, 0.05) is 18.0 Å². The number of rotatable bonds is 7. The number of ether oxygens (including phenoxy) is 1. The van der Waals surface area contributed by atoms with Crippen LogP contribution in [0.2, 0.25) is 0 Å². The molecule has 1 saturated carbocycles. The van der Waals surface area contributed by atoms with Gasteiger partial charge in [0.25, 0.3) is 0 Å². The first-order valence-electron chi connectivity index (χ1n) is 8.83. The van der Waals surface area contributed by atoms with Crippen LogP contribution in [-0.2, 0) is 22.5 Å². The van der Waals surface area contributed by atoms with Gasteiger partial charge < -0.3 is 14.2 Å². The molecule has 0 spiro atoms. The summed E-state index contributed by atoms with van der Waals surface area (Å²) in [6.45, 7) is 2.42. The number of pyridine rings is 1. The van der Waals surface area contributed by atoms with Crippen molar-refractivity contribution in [3.63, 3.8) is 0 Å². The Kier molecular flexibility index (Phi) is 4.35. The van der Waals surface area contributed by atoms with E-state index in [1.54, 1.807) is 6.92 Å². The van der Waals surface area contributed by atoms with Gasteiger partial charge >= 0.3 is 11.9 Å². The van der Waals surface area contributed by atoms with Crippen LogP contribution in [0.3, 0.4) is 0 Å². The molecule has 1 aliphatic carbocycles. The molecule has 0 aromatic carbocycles. The summed E-state index contributed by atoms with van der Waals surface area (Å²) in [4.78, 5) is 27.5. The lowest BCUT2D eigenvalue weighted by molar-refractivity contribution is -0.142. The number of carboxylic acid groups (broad SMARTS) is 1. The number of aromatic nitrogens is 5. The Balaban J connectivity index is 1.66. The summed E-state index contributed by atoms with van der Waals surface area (Å²) in [5, 5.41) is 16.4. The minimum Gasteiger partial charge on any atom is -0.476 e. The zero-order valence-electron chi connectivity index (χ0n) is 14.8. The summed E-state index contributed by atoms with van der Waals surface area (Å²) in [7, 11) is 0. The zero-order chi connectivity index (χ0) is 19.0. The van der Waals surface area contributed by atoms with Crippen LogP contribution in [0, 0.1) is 0 Å². The first kappa shape index (κ1) is 17.2. The van der Waals surface area contributed by atoms with Crippen LogP contribution in [0.4, 0.5) is 0 Å². The van der Waals surface area contributed by atoms with Crippen LogP contribution in [0.25, 0.3) is 5.65 Å². The second-order valence-electron chi connectivity index (χ2n) is 6.62. The standard InChI is InChI=1S/C18H19N5O4/c1-2-27-16(24)6-12-5-13(11-3-4-11)7-22-8-14(19-17(12)22)9-23-10-15(18(25)26)20-21-23/h5,7-8,10-11H,2-4,6,9H2,1H3,(H,25,26). The number of hydrogen-bond donors (Lipinski definition) is 1. The lowest BCUT2D eigenvalue weighted by Gasteiger charge is -2.07. The molecule has 9 nitrogen and oxygen atoms in total. The van der Waals surface area contributed by atoms with Gasteiger partial charge in [-0.15, -0.1) is 5.10 Å². The third kappa shape index (κ3) is 3.67. The lowest BCUT2D eigenvalue weighted by atomic mass is 10.1. The molecule has 0 aliphatic heterocycles. The quantitative estimate of drug-likeness (QED) is 0.630. The molecule has 3 aromatic heterocycles. The van der Waals surface area contributed by atoms with Gasteiger partial charge in [-0.1, -0.05) is 5.21 Å². The molecular formula is C18H19N5O4. The van der Waals surface area contributed by atoms with Crippen LogP contribution >= 0.6 is 0 Å². The van der Waals surface area contributed by atoms with E-state index in [0.29, 0.717) is 30.4 Å². The third-order valence-electron chi connectivity index (χ3n) is 4.47. The average molecular weight is 369 g/mol. The van der Waals surface area contributed by atoms with Gasteiger partial charge in [0.05, 0.1) is 31.5 Å². The minimum absolute atomic E-state index is 0.113. The molecule has 4 rings (SSSR count). The summed E-state index contributed by atoms with van der Waals surface area (Å²) in [6, 6.07) is 2.04. The molecule has 0 bridgehead atoms. The van der Waals surface area contributed by atoms with E-state index >= 15 is 0 Å². The van der Waals surface area contributed by atoms with Crippen molar-refractivity contribution in [2.24, 2.45) is 0 Å². The monoisotopic (exact) mass is 369 g/mol. The number of hydrogen-bond acceptors (Lipinski definition) is 6. The fourth-order valence-electron chi connectivity index (χ4n) is 3.10. The van der Waals surface area contributed by atoms with E-state index in [4.69, 9.17) is 9.84 Å². The molecule has 9 heteroatoms. The second kappa shape index (κ2) is 6.82. The highest BCUT2D eigenvalue weighted by Gasteiger charge is 2.25. The van der Waals surface area contributed by atoms with Crippen molar-refractivity contribution in [3.8, 4) is 0 Å². The van der Waals surface area contributed by atoms with E-state index in [9.17, 15) is 9.59 Å². The van der Waals surface area contributed by atoms with Gasteiger partial charge in [-0.25, -0.2) is 14.5 Å². The van der Waals surface area contributed by atoms with Gasteiger partial charge in [0.1, 0.15) is 5.65 Å². The SMILES string of the molecule is CCOC(=O)Cc1cc(C2CC2)cn2cc(Cn3cc(C(=O)O)nn3)nc12. The normalized spacial score (nSPS) is 13.8. The number of esters is 1. The molecule has 27 heavy (non-hydrogen) atoms. The Morgan fingerprint density at radius 3 is 2.78 bits per heavy atom. The summed E-state index contributed by atoms with van der Waals surface area (Å²) < 4.78 is 8.44. The summed E-state index contributed by atoms with van der Waals surface area (Å²) in [5.74, 6) is -0.865. The third-order valence-corrected chi connectivity index (χ3v) is 4.47. The largest absolute Gasteiger partial charge is 0.476 e. The van der Waals surface area contributed by atoms with Crippen molar-refractivity contribution in [1.82, 2.24) is 24.4 Å². The first-order valence-corrected chi connectivity index (χ1v) is 8.83. The molecule has 3 heterocycles. The number of carboxylic acids is 1. The summed E-state index contributed by atoms with van der Waals surface area (Å²) in [6.07, 6.45) is 7.76. The smallest absolute Gasteiger partial charge is 0.358 e. The Morgan fingerprint density at radius 1 is 1.30 bits per heavy atom. The highest BCUT2D eigenvalue weighted by atomic mass is 16.5. The molecule has 0 unspecified atom stereocenters. The fourth-order valence-corrected chi connectivity index (χ4v) is 3.10. The fraction of sp³-hybridized carbons (Fsp3) is 0.389. The molecule has 3 aromatic rings. The molecule has 0 atom stereocenters. The van der Waals surface area contributed by atoms with Crippen LogP contribution < -0.4 is 0 Å². The van der Waals surface area contributed by atoms with E-state index in [-0.39, 0.29) is 18.1 Å². The van der Waals surface area contributed by atoms with E-state index in [1.165, 1.54) is 16.4 Å². The van der Waals surface area contributed by atoms with Crippen molar-refractivity contribution >= 4 is 17.6 Å². The lowest BCUT2D eigenvalue weighted by Crippen LogP contribution is -2.09. The van der Waals surface area contributed by atoms with Crippen molar-refractivity contribution < 1.29 is 19.4 Å². The van der Waals surface area contributed by atoms with E-state index in [1.807, 2.05) is 22.9 Å². The summed E-state index contributed by atoms with van der Waals surface area (Å²) in [5.41, 5.74) is 3.31. The van der Waals surface area contributed by atoms with Gasteiger partial charge in [-0.2, -0.15) is 0 Å². The van der Waals surface area contributed by atoms with Gasteiger partial charge in [-0.05, 0) is 37.3 Å². The Hall–Kier alpha value is -3.23. The van der Waals surface area contributed by atoms with Gasteiger partial charge in [-0.3, -0.25) is 4.79 Å². The Bertz CT molecular complexity index is 1020. The molecule has 140 valence electrons. The van der Waals surface area contributed by atoms with E-state index in [0.717, 1.165) is 18.4 Å². The van der Waals surface area contributed by atoms with Crippen molar-refractivity contribution in [1.29, 1.82) is 0 Å². The predicted molar refractivity (Wildman–Crippen MR) is 93.6 cm³/mol. The van der Waals surface area contributed by atoms with Crippen LogP contribution in [-0.4, -0.2) is 48.0 Å². The molecule has 0 radical (unpaired) electrons. The van der Waals surface area contributed by atoms with E-state index in [2.05, 4.69) is 15.3 Å². The number of aromatic carboxylic acids is 1. The first-order chi connectivity index (χ1) is 13.0. The van der Waals surface area contributed by atoms with Crippen molar-refractivity contribution in [3.05, 3.63) is 47.2 Å². The number of nitrogens with zero attached hydrogens (tertiary/aromatic N) is 5. The number of fused-ring (bicyclic) bond motifs is 1. The topological polar surface area (TPSA) is 112 Å². The Labute approximate surface area is 154 Å². The van der Waals surface area contributed by atoms with Crippen LogP contribution in [0.1, 0.15) is 53.0 Å². The molecule has 0 saturated heterocycles. The highest BCUT2D eigenvalue weighted by molar-refractivity contribution is 5.84. The number of imidazole rings is 1. The molecule has 1 fully saturated rings. The maximum absolute atomic E-state index is 12.0. The maximum Gasteiger partial charge on any atom is 0.358 e. The number of carbonyl (C=O) groups is 2. The Morgan fingerprint density at radius 2 is 2.11 bits per heavy atom. The number of carbonyl (C=O) groups excluding carboxylic acids is 1. The second-order valence-corrected chi connectivity index (χ2v) is 6.62. The van der Waals surface area contributed by atoms with Crippen molar-refractivity contribution in [2.45, 2.75) is 38.6 Å².